The Morgan fingerprint density at radius 1 is 1.20 bits per heavy atom. The second kappa shape index (κ2) is 7.26. The van der Waals surface area contributed by atoms with Gasteiger partial charge >= 0.3 is 0 Å². The Morgan fingerprint density at radius 2 is 1.85 bits per heavy atom. The van der Waals surface area contributed by atoms with Crippen molar-refractivity contribution < 1.29 is 4.79 Å². The van der Waals surface area contributed by atoms with Crippen LogP contribution in [0.4, 0.5) is 5.69 Å². The van der Waals surface area contributed by atoms with Crippen LogP contribution in [0.15, 0.2) is 24.3 Å². The van der Waals surface area contributed by atoms with Gasteiger partial charge in [0.1, 0.15) is 0 Å². The Labute approximate surface area is 120 Å². The molecule has 1 amide bonds. The maximum Gasteiger partial charge on any atom is 0.253 e. The fourth-order valence-electron chi connectivity index (χ4n) is 2.46. The standard InChI is InChI=1S/C15H24N4O/c1-2-18-9-11-19(12-10-18)8-7-17-15(20)13-5-3-4-6-14(13)16/h3-6H,2,7-12,16H2,1H3,(H,17,20). The summed E-state index contributed by atoms with van der Waals surface area (Å²) in [7, 11) is 0. The van der Waals surface area contributed by atoms with E-state index in [-0.39, 0.29) is 5.91 Å². The molecule has 110 valence electrons. The SMILES string of the molecule is CCN1CCN(CCNC(=O)c2ccccc2N)CC1. The van der Waals surface area contributed by atoms with Crippen molar-refractivity contribution in [3.05, 3.63) is 29.8 Å². The van der Waals surface area contributed by atoms with Crippen LogP contribution in [0.2, 0.25) is 0 Å². The van der Waals surface area contributed by atoms with Gasteiger partial charge in [0.15, 0.2) is 0 Å². The van der Waals surface area contributed by atoms with Crippen LogP contribution in [0.1, 0.15) is 17.3 Å². The number of likely N-dealkylation sites (N-methyl/N-ethyl adjacent to an activating group) is 1. The number of rotatable bonds is 5. The molecule has 1 heterocycles. The Balaban J connectivity index is 1.71. The van der Waals surface area contributed by atoms with E-state index >= 15 is 0 Å². The molecule has 5 nitrogen and oxygen atoms in total. The molecule has 0 aliphatic carbocycles. The van der Waals surface area contributed by atoms with E-state index in [2.05, 4.69) is 22.0 Å². The number of carbonyl (C=O) groups excluding carboxylic acids is 1. The minimum absolute atomic E-state index is 0.0877. The highest BCUT2D eigenvalue weighted by atomic mass is 16.1. The molecule has 1 fully saturated rings. The van der Waals surface area contributed by atoms with E-state index in [9.17, 15) is 4.79 Å². The summed E-state index contributed by atoms with van der Waals surface area (Å²) in [5, 5.41) is 2.94. The van der Waals surface area contributed by atoms with Gasteiger partial charge in [-0.1, -0.05) is 19.1 Å². The predicted molar refractivity (Wildman–Crippen MR) is 81.7 cm³/mol. The Bertz CT molecular complexity index is 441. The van der Waals surface area contributed by atoms with Gasteiger partial charge in [-0.05, 0) is 18.7 Å². The van der Waals surface area contributed by atoms with Crippen LogP contribution in [0.5, 0.6) is 0 Å². The van der Waals surface area contributed by atoms with Crippen molar-refractivity contribution in [2.24, 2.45) is 0 Å². The third-order valence-corrected chi connectivity index (χ3v) is 3.83. The van der Waals surface area contributed by atoms with E-state index in [1.807, 2.05) is 12.1 Å². The van der Waals surface area contributed by atoms with E-state index < -0.39 is 0 Å². The molecule has 1 aliphatic rings. The number of para-hydroxylation sites is 1. The molecule has 2 rings (SSSR count). The molecule has 1 aromatic rings. The normalized spacial score (nSPS) is 17.1. The molecule has 0 aromatic heterocycles. The zero-order valence-corrected chi connectivity index (χ0v) is 12.1. The van der Waals surface area contributed by atoms with Gasteiger partial charge in [-0.25, -0.2) is 0 Å². The maximum absolute atomic E-state index is 12.0. The van der Waals surface area contributed by atoms with Gasteiger partial charge < -0.3 is 16.0 Å². The van der Waals surface area contributed by atoms with Crippen LogP contribution < -0.4 is 11.1 Å². The Morgan fingerprint density at radius 3 is 2.50 bits per heavy atom. The van der Waals surface area contributed by atoms with Crippen LogP contribution >= 0.6 is 0 Å². The molecule has 0 bridgehead atoms. The van der Waals surface area contributed by atoms with Crippen molar-refractivity contribution in [3.8, 4) is 0 Å². The molecule has 0 radical (unpaired) electrons. The summed E-state index contributed by atoms with van der Waals surface area (Å²) in [4.78, 5) is 16.8. The lowest BCUT2D eigenvalue weighted by molar-refractivity contribution is 0.0938. The van der Waals surface area contributed by atoms with Crippen LogP contribution in [0, 0.1) is 0 Å². The number of nitrogen functional groups attached to an aromatic ring is 1. The van der Waals surface area contributed by atoms with Gasteiger partial charge in [-0.15, -0.1) is 0 Å². The molecule has 1 saturated heterocycles. The largest absolute Gasteiger partial charge is 0.398 e. The van der Waals surface area contributed by atoms with E-state index in [1.54, 1.807) is 12.1 Å². The predicted octanol–water partition coefficient (Wildman–Crippen LogP) is 0.636. The van der Waals surface area contributed by atoms with Gasteiger partial charge in [-0.3, -0.25) is 9.69 Å². The van der Waals surface area contributed by atoms with Crippen molar-refractivity contribution in [2.75, 3.05) is 51.5 Å². The molecule has 0 saturated carbocycles. The summed E-state index contributed by atoms with van der Waals surface area (Å²) in [6, 6.07) is 7.16. The van der Waals surface area contributed by atoms with E-state index in [1.165, 1.54) is 0 Å². The van der Waals surface area contributed by atoms with Crippen LogP contribution in [0.25, 0.3) is 0 Å². The van der Waals surface area contributed by atoms with E-state index in [0.29, 0.717) is 17.8 Å². The maximum atomic E-state index is 12.0. The van der Waals surface area contributed by atoms with Gasteiger partial charge in [0.25, 0.3) is 5.91 Å². The topological polar surface area (TPSA) is 61.6 Å². The number of benzene rings is 1. The number of nitrogens with two attached hydrogens (primary N) is 1. The van der Waals surface area contributed by atoms with E-state index in [4.69, 9.17) is 5.73 Å². The lowest BCUT2D eigenvalue weighted by atomic mass is 10.1. The minimum Gasteiger partial charge on any atom is -0.398 e. The number of nitrogens with one attached hydrogen (secondary N) is 1. The summed E-state index contributed by atoms with van der Waals surface area (Å²) in [5.41, 5.74) is 6.88. The third kappa shape index (κ3) is 3.95. The molecule has 0 spiro atoms. The highest BCUT2D eigenvalue weighted by Gasteiger charge is 2.15. The van der Waals surface area contributed by atoms with Gasteiger partial charge in [0.05, 0.1) is 5.56 Å². The van der Waals surface area contributed by atoms with Crippen molar-refractivity contribution in [1.29, 1.82) is 0 Å². The van der Waals surface area contributed by atoms with Crippen LogP contribution in [-0.2, 0) is 0 Å². The number of amides is 1. The average molecular weight is 276 g/mol. The first kappa shape index (κ1) is 14.8. The average Bonchev–Trinajstić information content (AvgIpc) is 2.48. The minimum atomic E-state index is -0.0877. The number of hydrogen-bond acceptors (Lipinski definition) is 4. The van der Waals surface area contributed by atoms with Crippen molar-refractivity contribution in [1.82, 2.24) is 15.1 Å². The molecule has 3 N–H and O–H groups in total. The van der Waals surface area contributed by atoms with Gasteiger partial charge in [-0.2, -0.15) is 0 Å². The van der Waals surface area contributed by atoms with Crippen LogP contribution in [0.3, 0.4) is 0 Å². The molecule has 20 heavy (non-hydrogen) atoms. The van der Waals surface area contributed by atoms with Crippen molar-refractivity contribution >= 4 is 11.6 Å². The molecule has 1 aliphatic heterocycles. The molecule has 0 unspecified atom stereocenters. The summed E-state index contributed by atoms with van der Waals surface area (Å²) < 4.78 is 0. The quantitative estimate of drug-likeness (QED) is 0.775. The highest BCUT2D eigenvalue weighted by molar-refractivity contribution is 5.99. The van der Waals surface area contributed by atoms with Crippen LogP contribution in [-0.4, -0.2) is 61.5 Å². The number of carbonyl (C=O) groups is 1. The Kier molecular flexibility index (Phi) is 5.38. The highest BCUT2D eigenvalue weighted by Crippen LogP contribution is 2.09. The lowest BCUT2D eigenvalue weighted by Crippen LogP contribution is -2.48. The third-order valence-electron chi connectivity index (χ3n) is 3.83. The number of piperazine rings is 1. The second-order valence-corrected chi connectivity index (χ2v) is 5.12. The number of nitrogens with zero attached hydrogens (tertiary/aromatic N) is 2. The molecule has 1 aromatic carbocycles. The smallest absolute Gasteiger partial charge is 0.253 e. The first-order valence-electron chi connectivity index (χ1n) is 7.28. The molecular formula is C15H24N4O. The number of anilines is 1. The van der Waals surface area contributed by atoms with Crippen molar-refractivity contribution in [2.45, 2.75) is 6.92 Å². The summed E-state index contributed by atoms with van der Waals surface area (Å²) in [6.07, 6.45) is 0. The molecule has 5 heteroatoms. The van der Waals surface area contributed by atoms with Gasteiger partial charge in [0, 0.05) is 45.0 Å². The first-order chi connectivity index (χ1) is 9.70. The van der Waals surface area contributed by atoms with Crippen molar-refractivity contribution in [3.63, 3.8) is 0 Å². The molecule has 0 atom stereocenters. The van der Waals surface area contributed by atoms with E-state index in [0.717, 1.165) is 39.3 Å². The fourth-order valence-corrected chi connectivity index (χ4v) is 2.46. The zero-order chi connectivity index (χ0) is 14.4. The number of hydrogen-bond donors (Lipinski definition) is 2. The zero-order valence-electron chi connectivity index (χ0n) is 12.1. The second-order valence-electron chi connectivity index (χ2n) is 5.12. The summed E-state index contributed by atoms with van der Waals surface area (Å²) >= 11 is 0. The first-order valence-corrected chi connectivity index (χ1v) is 7.28. The lowest BCUT2D eigenvalue weighted by Gasteiger charge is -2.33. The molecular weight excluding hydrogens is 252 g/mol. The summed E-state index contributed by atoms with van der Waals surface area (Å²) in [5.74, 6) is -0.0877. The monoisotopic (exact) mass is 276 g/mol. The van der Waals surface area contributed by atoms with Gasteiger partial charge in [0.2, 0.25) is 0 Å². The Hall–Kier alpha value is -1.59. The summed E-state index contributed by atoms with van der Waals surface area (Å²) in [6.45, 7) is 9.29. The fraction of sp³-hybridized carbons (Fsp3) is 0.533.